The summed E-state index contributed by atoms with van der Waals surface area (Å²) in [6.07, 6.45) is 2.22. The van der Waals surface area contributed by atoms with Gasteiger partial charge in [-0.1, -0.05) is 0 Å². The van der Waals surface area contributed by atoms with E-state index >= 15 is 0 Å². The maximum atomic E-state index is 2.31. The summed E-state index contributed by atoms with van der Waals surface area (Å²) in [5, 5.41) is 4.46. The fourth-order valence-corrected chi connectivity index (χ4v) is 10.2. The van der Waals surface area contributed by atoms with E-state index in [1.165, 1.54) is 15.9 Å². The Balaban J connectivity index is 2.29. The molecule has 0 aliphatic heterocycles. The SMILES string of the molecule is CSC[PH](c1ccccc1)(c1ccccc1)c1ccccc1. The van der Waals surface area contributed by atoms with Gasteiger partial charge in [-0.15, -0.1) is 0 Å². The van der Waals surface area contributed by atoms with E-state index < -0.39 is 7.26 Å². The van der Waals surface area contributed by atoms with Crippen molar-refractivity contribution in [2.75, 3.05) is 11.7 Å². The normalized spacial score (nSPS) is 12.0. The average molecular weight is 324 g/mol. The van der Waals surface area contributed by atoms with Gasteiger partial charge in [-0.2, -0.15) is 0 Å². The van der Waals surface area contributed by atoms with Crippen LogP contribution in [-0.4, -0.2) is 11.7 Å². The standard InChI is InChI=1S/C20H21PS/c1-22-17-21(18-11-5-2-6-12-18,19-13-7-3-8-14-19)20-15-9-4-10-16-20/h2-16,21H,17H2,1H3. The molecule has 0 spiro atoms. The number of rotatable bonds is 5. The molecule has 0 aliphatic carbocycles. The molecule has 3 rings (SSSR count). The van der Waals surface area contributed by atoms with Crippen LogP contribution in [0.2, 0.25) is 0 Å². The molecule has 3 aromatic rings. The van der Waals surface area contributed by atoms with E-state index in [9.17, 15) is 0 Å². The first-order valence-electron chi connectivity index (χ1n) is 7.53. The third kappa shape index (κ3) is 2.84. The van der Waals surface area contributed by atoms with Gasteiger partial charge in [0.25, 0.3) is 0 Å². The Bertz CT molecular complexity index is 599. The van der Waals surface area contributed by atoms with Crippen molar-refractivity contribution < 1.29 is 0 Å². The summed E-state index contributed by atoms with van der Waals surface area (Å²) < 4.78 is 0. The molecule has 0 radical (unpaired) electrons. The van der Waals surface area contributed by atoms with E-state index in [-0.39, 0.29) is 0 Å². The molecule has 0 aliphatic rings. The first-order chi connectivity index (χ1) is 10.9. The van der Waals surface area contributed by atoms with Crippen LogP contribution >= 0.6 is 19.0 Å². The van der Waals surface area contributed by atoms with Crippen LogP contribution in [0.1, 0.15) is 0 Å². The average Bonchev–Trinajstić information content (AvgIpc) is 2.62. The van der Waals surface area contributed by atoms with Gasteiger partial charge >= 0.3 is 138 Å². The Labute approximate surface area is 137 Å². The van der Waals surface area contributed by atoms with Crippen LogP contribution in [0.15, 0.2) is 91.0 Å². The van der Waals surface area contributed by atoms with E-state index in [1.54, 1.807) is 0 Å². The predicted octanol–water partition coefficient (Wildman–Crippen LogP) is 4.03. The van der Waals surface area contributed by atoms with Crippen molar-refractivity contribution in [2.24, 2.45) is 0 Å². The Morgan fingerprint density at radius 2 is 0.909 bits per heavy atom. The third-order valence-electron chi connectivity index (χ3n) is 4.16. The van der Waals surface area contributed by atoms with E-state index in [1.807, 2.05) is 11.8 Å². The van der Waals surface area contributed by atoms with Crippen LogP contribution in [0.5, 0.6) is 0 Å². The molecule has 0 amide bonds. The summed E-state index contributed by atoms with van der Waals surface area (Å²) in [6.45, 7) is 0. The predicted molar refractivity (Wildman–Crippen MR) is 105 cm³/mol. The molecule has 0 N–H and O–H groups in total. The number of thioether (sulfide) groups is 1. The van der Waals surface area contributed by atoms with Gasteiger partial charge in [-0.25, -0.2) is 0 Å². The molecule has 0 saturated heterocycles. The molecule has 2 heteroatoms. The summed E-state index contributed by atoms with van der Waals surface area (Å²) >= 11 is 1.95. The van der Waals surface area contributed by atoms with E-state index in [0.717, 1.165) is 5.49 Å². The summed E-state index contributed by atoms with van der Waals surface area (Å²) in [7, 11) is -1.96. The number of benzene rings is 3. The quantitative estimate of drug-likeness (QED) is 0.639. The molecule has 0 bridgehead atoms. The van der Waals surface area contributed by atoms with Gasteiger partial charge in [0.2, 0.25) is 0 Å². The Morgan fingerprint density at radius 1 is 0.591 bits per heavy atom. The molecule has 3 aromatic carbocycles. The monoisotopic (exact) mass is 324 g/mol. The molecule has 0 fully saturated rings. The van der Waals surface area contributed by atoms with Gasteiger partial charge in [0.1, 0.15) is 0 Å². The Hall–Kier alpha value is -1.56. The molecule has 0 heterocycles. The van der Waals surface area contributed by atoms with Crippen LogP contribution in [-0.2, 0) is 0 Å². The summed E-state index contributed by atoms with van der Waals surface area (Å²) in [5.41, 5.74) is 1.16. The van der Waals surface area contributed by atoms with Crippen molar-refractivity contribution in [1.29, 1.82) is 0 Å². The fraction of sp³-hybridized carbons (Fsp3) is 0.100. The van der Waals surface area contributed by atoms with Gasteiger partial charge in [0, 0.05) is 0 Å². The van der Waals surface area contributed by atoms with Crippen molar-refractivity contribution >= 4 is 34.9 Å². The van der Waals surface area contributed by atoms with Crippen LogP contribution < -0.4 is 15.9 Å². The van der Waals surface area contributed by atoms with E-state index in [2.05, 4.69) is 97.3 Å². The van der Waals surface area contributed by atoms with Crippen molar-refractivity contribution in [3.8, 4) is 0 Å². The minimum absolute atomic E-state index is 1.16. The molecule has 0 nitrogen and oxygen atoms in total. The van der Waals surface area contributed by atoms with Crippen molar-refractivity contribution in [3.05, 3.63) is 91.0 Å². The summed E-state index contributed by atoms with van der Waals surface area (Å²) in [6, 6.07) is 33.2. The first-order valence-corrected chi connectivity index (χ1v) is 11.1. The van der Waals surface area contributed by atoms with E-state index in [0.29, 0.717) is 0 Å². The molecular weight excluding hydrogens is 303 g/mol. The van der Waals surface area contributed by atoms with Crippen molar-refractivity contribution in [3.63, 3.8) is 0 Å². The van der Waals surface area contributed by atoms with Gasteiger partial charge in [0.05, 0.1) is 0 Å². The molecule has 0 unspecified atom stereocenters. The second-order valence-corrected chi connectivity index (χ2v) is 10.7. The van der Waals surface area contributed by atoms with Crippen LogP contribution in [0, 0.1) is 0 Å². The molecule has 112 valence electrons. The van der Waals surface area contributed by atoms with Gasteiger partial charge < -0.3 is 0 Å². The van der Waals surface area contributed by atoms with Gasteiger partial charge in [-0.3, -0.25) is 0 Å². The Morgan fingerprint density at radius 3 is 1.18 bits per heavy atom. The van der Waals surface area contributed by atoms with Crippen LogP contribution in [0.4, 0.5) is 0 Å². The zero-order valence-electron chi connectivity index (χ0n) is 12.8. The summed E-state index contributed by atoms with van der Waals surface area (Å²) in [4.78, 5) is 0. The number of hydrogen-bond acceptors (Lipinski definition) is 1. The zero-order valence-corrected chi connectivity index (χ0v) is 14.6. The molecule has 22 heavy (non-hydrogen) atoms. The third-order valence-corrected chi connectivity index (χ3v) is 11.0. The van der Waals surface area contributed by atoms with Gasteiger partial charge in [-0.05, 0) is 0 Å². The maximum absolute atomic E-state index is 2.31. The first kappa shape index (κ1) is 15.3. The molecule has 0 atom stereocenters. The Kier molecular flexibility index (Phi) is 4.97. The van der Waals surface area contributed by atoms with Crippen LogP contribution in [0.3, 0.4) is 0 Å². The zero-order chi connectivity index (χ0) is 15.3. The van der Waals surface area contributed by atoms with E-state index in [4.69, 9.17) is 0 Å². The second kappa shape index (κ2) is 7.13. The molecule has 0 aromatic heterocycles. The van der Waals surface area contributed by atoms with Crippen molar-refractivity contribution in [2.45, 2.75) is 0 Å². The molecule has 0 saturated carbocycles. The second-order valence-electron chi connectivity index (χ2n) is 5.44. The summed E-state index contributed by atoms with van der Waals surface area (Å²) in [5.74, 6) is 0. The topological polar surface area (TPSA) is 0 Å². The van der Waals surface area contributed by atoms with Crippen LogP contribution in [0.25, 0.3) is 0 Å². The number of hydrogen-bond donors (Lipinski definition) is 0. The fourth-order valence-electron chi connectivity index (χ4n) is 3.13. The van der Waals surface area contributed by atoms with Gasteiger partial charge in [0.15, 0.2) is 0 Å². The molecular formula is C20H21PS. The minimum atomic E-state index is -1.96. The van der Waals surface area contributed by atoms with Crippen molar-refractivity contribution in [1.82, 2.24) is 0 Å².